The van der Waals surface area contributed by atoms with Crippen LogP contribution in [0, 0.1) is 26.6 Å². The molecule has 0 aliphatic heterocycles. The monoisotopic (exact) mass is 350 g/mol. The first kappa shape index (κ1) is 15.7. The van der Waals surface area contributed by atoms with Gasteiger partial charge in [-0.15, -0.1) is 0 Å². The van der Waals surface area contributed by atoms with Gasteiger partial charge in [-0.1, -0.05) is 33.6 Å². The maximum Gasteiger partial charge on any atom is 0.200 e. The molecule has 4 heteroatoms. The molecule has 0 saturated heterocycles. The van der Waals surface area contributed by atoms with Gasteiger partial charge in [0.25, 0.3) is 0 Å². The van der Waals surface area contributed by atoms with E-state index in [1.807, 2.05) is 32.9 Å². The van der Waals surface area contributed by atoms with Gasteiger partial charge in [-0.05, 0) is 44.0 Å². The van der Waals surface area contributed by atoms with Crippen molar-refractivity contribution in [1.82, 2.24) is 0 Å². The molecule has 2 aromatic carbocycles. The van der Waals surface area contributed by atoms with Gasteiger partial charge < -0.3 is 4.74 Å². The summed E-state index contributed by atoms with van der Waals surface area (Å²) in [6.45, 7) is 5.70. The summed E-state index contributed by atoms with van der Waals surface area (Å²) in [6, 6.07) is 8.17. The predicted molar refractivity (Wildman–Crippen MR) is 84.6 cm³/mol. The largest absolute Gasteiger partial charge is 0.485 e. The molecule has 0 radical (unpaired) electrons. The minimum atomic E-state index is -0.408. The third-order valence-corrected chi connectivity index (χ3v) is 3.62. The van der Waals surface area contributed by atoms with Crippen molar-refractivity contribution in [1.29, 1.82) is 0 Å². The van der Waals surface area contributed by atoms with Gasteiger partial charge in [-0.2, -0.15) is 0 Å². The van der Waals surface area contributed by atoms with Gasteiger partial charge in [-0.25, -0.2) is 4.39 Å². The van der Waals surface area contributed by atoms with Crippen molar-refractivity contribution in [3.8, 4) is 5.75 Å². The molecule has 2 rings (SSSR count). The van der Waals surface area contributed by atoms with Crippen molar-refractivity contribution < 1.29 is 13.9 Å². The molecular formula is C17H16BrFO2. The van der Waals surface area contributed by atoms with Crippen LogP contribution in [0.3, 0.4) is 0 Å². The van der Waals surface area contributed by atoms with Crippen molar-refractivity contribution in [2.75, 3.05) is 6.61 Å². The third kappa shape index (κ3) is 3.91. The fourth-order valence-electron chi connectivity index (χ4n) is 2.45. The molecule has 2 aromatic rings. The lowest BCUT2D eigenvalue weighted by molar-refractivity contribution is 0.0920. The summed E-state index contributed by atoms with van der Waals surface area (Å²) in [7, 11) is 0. The second-order valence-corrected chi connectivity index (χ2v) is 6.01. The van der Waals surface area contributed by atoms with E-state index in [-0.39, 0.29) is 12.4 Å². The Labute approximate surface area is 132 Å². The molecule has 110 valence electrons. The van der Waals surface area contributed by atoms with Gasteiger partial charge in [0.2, 0.25) is 5.78 Å². The maximum absolute atomic E-state index is 13.3. The minimum absolute atomic E-state index is 0.106. The molecule has 0 aromatic heterocycles. The molecular weight excluding hydrogens is 335 g/mol. The van der Waals surface area contributed by atoms with Crippen LogP contribution < -0.4 is 4.74 Å². The third-order valence-electron chi connectivity index (χ3n) is 3.16. The van der Waals surface area contributed by atoms with E-state index in [0.29, 0.717) is 15.8 Å². The summed E-state index contributed by atoms with van der Waals surface area (Å²) in [4.78, 5) is 12.3. The van der Waals surface area contributed by atoms with Crippen LogP contribution in [0.4, 0.5) is 4.39 Å². The Kier molecular flexibility index (Phi) is 4.78. The first-order valence-electron chi connectivity index (χ1n) is 6.57. The Morgan fingerprint density at radius 1 is 1.10 bits per heavy atom. The number of ketones is 1. The van der Waals surface area contributed by atoms with E-state index in [9.17, 15) is 9.18 Å². The Morgan fingerprint density at radius 3 is 2.29 bits per heavy atom. The highest BCUT2D eigenvalue weighted by Gasteiger charge is 2.14. The first-order valence-corrected chi connectivity index (χ1v) is 7.36. The van der Waals surface area contributed by atoms with Gasteiger partial charge in [0.05, 0.1) is 0 Å². The lowest BCUT2D eigenvalue weighted by atomic mass is 9.97. The lowest BCUT2D eigenvalue weighted by Crippen LogP contribution is -2.14. The number of carbonyl (C=O) groups excluding carboxylic acids is 1. The standard InChI is InChI=1S/C17H16BrFO2/c1-10-4-11(2)17(12(3)5-10)16(20)9-21-15-7-13(18)6-14(19)8-15/h4-8H,9H2,1-3H3. The van der Waals surface area contributed by atoms with Crippen LogP contribution in [0.15, 0.2) is 34.8 Å². The molecule has 2 nitrogen and oxygen atoms in total. The summed E-state index contributed by atoms with van der Waals surface area (Å²) in [5.74, 6) is -0.183. The molecule has 0 heterocycles. The second kappa shape index (κ2) is 6.39. The number of Topliss-reactive ketones (excluding diaryl/α,β-unsaturated/α-hetero) is 1. The van der Waals surface area contributed by atoms with E-state index in [1.165, 1.54) is 12.1 Å². The summed E-state index contributed by atoms with van der Waals surface area (Å²) < 4.78 is 19.2. The van der Waals surface area contributed by atoms with Crippen LogP contribution in [0.25, 0.3) is 0 Å². The number of carbonyl (C=O) groups is 1. The van der Waals surface area contributed by atoms with Crippen LogP contribution in [0.5, 0.6) is 5.75 Å². The number of ether oxygens (including phenoxy) is 1. The highest BCUT2D eigenvalue weighted by Crippen LogP contribution is 2.22. The highest BCUT2D eigenvalue weighted by molar-refractivity contribution is 9.10. The van der Waals surface area contributed by atoms with Crippen LogP contribution >= 0.6 is 15.9 Å². The van der Waals surface area contributed by atoms with Crippen molar-refractivity contribution in [2.45, 2.75) is 20.8 Å². The van der Waals surface area contributed by atoms with Gasteiger partial charge in [-0.3, -0.25) is 4.79 Å². The van der Waals surface area contributed by atoms with Gasteiger partial charge >= 0.3 is 0 Å². The number of halogens is 2. The molecule has 0 saturated carbocycles. The van der Waals surface area contributed by atoms with Gasteiger partial charge in [0.1, 0.15) is 11.6 Å². The molecule has 0 amide bonds. The van der Waals surface area contributed by atoms with E-state index in [4.69, 9.17) is 4.74 Å². The lowest BCUT2D eigenvalue weighted by Gasteiger charge is -2.11. The number of aryl methyl sites for hydroxylation is 3. The molecule has 0 aliphatic carbocycles. The molecule has 0 N–H and O–H groups in total. The fourth-order valence-corrected chi connectivity index (χ4v) is 2.90. The quantitative estimate of drug-likeness (QED) is 0.742. The smallest absolute Gasteiger partial charge is 0.200 e. The SMILES string of the molecule is Cc1cc(C)c(C(=O)COc2cc(F)cc(Br)c2)c(C)c1. The van der Waals surface area contributed by atoms with Crippen molar-refractivity contribution in [2.24, 2.45) is 0 Å². The van der Waals surface area contributed by atoms with Crippen LogP contribution in [-0.4, -0.2) is 12.4 Å². The second-order valence-electron chi connectivity index (χ2n) is 5.09. The van der Waals surface area contributed by atoms with Gasteiger partial charge in [0, 0.05) is 16.1 Å². The van der Waals surface area contributed by atoms with E-state index >= 15 is 0 Å². The molecule has 0 spiro atoms. The topological polar surface area (TPSA) is 26.3 Å². The van der Waals surface area contributed by atoms with Crippen molar-refractivity contribution in [3.63, 3.8) is 0 Å². The summed E-state index contributed by atoms with van der Waals surface area (Å²) in [5, 5.41) is 0. The average molecular weight is 351 g/mol. The number of hydrogen-bond donors (Lipinski definition) is 0. The van der Waals surface area contributed by atoms with Crippen LogP contribution in [-0.2, 0) is 0 Å². The van der Waals surface area contributed by atoms with E-state index in [2.05, 4.69) is 15.9 Å². The number of benzene rings is 2. The maximum atomic E-state index is 13.3. The fraction of sp³-hybridized carbons (Fsp3) is 0.235. The van der Waals surface area contributed by atoms with Crippen molar-refractivity contribution in [3.05, 3.63) is 62.9 Å². The zero-order chi connectivity index (χ0) is 15.6. The zero-order valence-corrected chi connectivity index (χ0v) is 13.8. The zero-order valence-electron chi connectivity index (χ0n) is 12.2. The predicted octanol–water partition coefficient (Wildman–Crippen LogP) is 4.78. The summed E-state index contributed by atoms with van der Waals surface area (Å²) >= 11 is 3.19. The molecule has 0 bridgehead atoms. The molecule has 0 fully saturated rings. The number of hydrogen-bond acceptors (Lipinski definition) is 2. The van der Waals surface area contributed by atoms with E-state index in [0.717, 1.165) is 16.7 Å². The van der Waals surface area contributed by atoms with Gasteiger partial charge in [0.15, 0.2) is 6.61 Å². The number of rotatable bonds is 4. The van der Waals surface area contributed by atoms with Crippen LogP contribution in [0.1, 0.15) is 27.0 Å². The van der Waals surface area contributed by atoms with Crippen molar-refractivity contribution >= 4 is 21.7 Å². The van der Waals surface area contributed by atoms with E-state index in [1.54, 1.807) is 6.07 Å². The Bertz CT molecular complexity index is 652. The highest BCUT2D eigenvalue weighted by atomic mass is 79.9. The van der Waals surface area contributed by atoms with Crippen LogP contribution in [0.2, 0.25) is 0 Å². The molecule has 21 heavy (non-hydrogen) atoms. The molecule has 0 unspecified atom stereocenters. The Morgan fingerprint density at radius 2 is 1.71 bits per heavy atom. The average Bonchev–Trinajstić information content (AvgIpc) is 2.34. The Balaban J connectivity index is 2.15. The van der Waals surface area contributed by atoms with E-state index < -0.39 is 5.82 Å². The normalized spacial score (nSPS) is 10.5. The molecule has 0 aliphatic rings. The summed E-state index contributed by atoms with van der Waals surface area (Å²) in [6.07, 6.45) is 0. The first-order chi connectivity index (χ1) is 9.86. The minimum Gasteiger partial charge on any atom is -0.485 e. The molecule has 0 atom stereocenters. The summed E-state index contributed by atoms with van der Waals surface area (Å²) in [5.41, 5.74) is 3.66. The Hall–Kier alpha value is -1.68.